The zero-order valence-corrected chi connectivity index (χ0v) is 5.21. The molecule has 0 radical (unpaired) electrons. The van der Waals surface area contributed by atoms with Crippen LogP contribution in [-0.2, 0) is 4.84 Å². The van der Waals surface area contributed by atoms with Crippen molar-refractivity contribution >= 4 is 24.0 Å². The lowest BCUT2D eigenvalue weighted by Gasteiger charge is -1.80. The molecule has 2 nitrogen and oxygen atoms in total. The molecular formula is C3H7Cl2NO. The SMILES string of the molecule is Cl.NOC/C=C/Cl. The Balaban J connectivity index is 0. The monoisotopic (exact) mass is 143 g/mol. The van der Waals surface area contributed by atoms with Crippen molar-refractivity contribution in [3.8, 4) is 0 Å². The van der Waals surface area contributed by atoms with Crippen LogP contribution >= 0.6 is 24.0 Å². The van der Waals surface area contributed by atoms with Crippen LogP contribution in [0.3, 0.4) is 0 Å². The van der Waals surface area contributed by atoms with Gasteiger partial charge in [-0.3, -0.25) is 0 Å². The molecule has 0 atom stereocenters. The molecule has 7 heavy (non-hydrogen) atoms. The number of hydrogen-bond acceptors (Lipinski definition) is 2. The first-order valence-corrected chi connectivity index (χ1v) is 1.92. The van der Waals surface area contributed by atoms with Crippen LogP contribution in [0.4, 0.5) is 0 Å². The molecule has 0 saturated carbocycles. The summed E-state index contributed by atoms with van der Waals surface area (Å²) >= 11 is 5.06. The molecule has 44 valence electrons. The smallest absolute Gasteiger partial charge is 0.0872 e. The second-order valence-corrected chi connectivity index (χ2v) is 0.947. The first-order valence-electron chi connectivity index (χ1n) is 1.48. The first kappa shape index (κ1) is 10.3. The predicted octanol–water partition coefficient (Wildman–Crippen LogP) is 1.05. The van der Waals surface area contributed by atoms with Gasteiger partial charge in [0.2, 0.25) is 0 Å². The van der Waals surface area contributed by atoms with Crippen LogP contribution in [0.5, 0.6) is 0 Å². The van der Waals surface area contributed by atoms with E-state index in [0.29, 0.717) is 6.61 Å². The van der Waals surface area contributed by atoms with Gasteiger partial charge in [0.05, 0.1) is 6.61 Å². The lowest BCUT2D eigenvalue weighted by atomic mass is 10.7. The average molecular weight is 144 g/mol. The highest BCUT2D eigenvalue weighted by molar-refractivity contribution is 6.25. The van der Waals surface area contributed by atoms with Gasteiger partial charge >= 0.3 is 0 Å². The van der Waals surface area contributed by atoms with Gasteiger partial charge < -0.3 is 4.84 Å². The van der Waals surface area contributed by atoms with Gasteiger partial charge in [0.25, 0.3) is 0 Å². The molecule has 4 heteroatoms. The van der Waals surface area contributed by atoms with Crippen molar-refractivity contribution < 1.29 is 4.84 Å². The van der Waals surface area contributed by atoms with Crippen LogP contribution < -0.4 is 5.90 Å². The third-order valence-electron chi connectivity index (χ3n) is 0.282. The van der Waals surface area contributed by atoms with E-state index in [1.54, 1.807) is 6.08 Å². The van der Waals surface area contributed by atoms with Crippen LogP contribution in [0.15, 0.2) is 11.6 Å². The predicted molar refractivity (Wildman–Crippen MR) is 32.4 cm³/mol. The molecule has 0 aliphatic carbocycles. The zero-order chi connectivity index (χ0) is 4.83. The molecule has 0 rings (SSSR count). The average Bonchev–Trinajstić information content (AvgIpc) is 1.61. The molecule has 0 heterocycles. The Morgan fingerprint density at radius 1 is 1.71 bits per heavy atom. The van der Waals surface area contributed by atoms with E-state index in [9.17, 15) is 0 Å². The molecule has 0 spiro atoms. The third-order valence-corrected chi connectivity index (χ3v) is 0.460. The van der Waals surface area contributed by atoms with E-state index in [1.807, 2.05) is 0 Å². The molecule has 0 aliphatic rings. The van der Waals surface area contributed by atoms with Gasteiger partial charge in [0.1, 0.15) is 0 Å². The van der Waals surface area contributed by atoms with E-state index in [4.69, 9.17) is 11.6 Å². The van der Waals surface area contributed by atoms with Crippen molar-refractivity contribution in [2.75, 3.05) is 6.61 Å². The van der Waals surface area contributed by atoms with Gasteiger partial charge in [-0.15, -0.1) is 12.4 Å². The minimum atomic E-state index is 0. The Kier molecular flexibility index (Phi) is 14.0. The number of rotatable bonds is 2. The van der Waals surface area contributed by atoms with Gasteiger partial charge in [-0.05, 0) is 6.08 Å². The Bertz CT molecular complexity index is 48.2. The highest BCUT2D eigenvalue weighted by Gasteiger charge is 1.64. The van der Waals surface area contributed by atoms with E-state index in [0.717, 1.165) is 0 Å². The fourth-order valence-corrected chi connectivity index (χ4v) is 0.165. The van der Waals surface area contributed by atoms with E-state index in [2.05, 4.69) is 10.7 Å². The van der Waals surface area contributed by atoms with Gasteiger partial charge in [0, 0.05) is 5.54 Å². The van der Waals surface area contributed by atoms with Crippen molar-refractivity contribution in [1.29, 1.82) is 0 Å². The molecule has 0 bridgehead atoms. The topological polar surface area (TPSA) is 35.2 Å². The second kappa shape index (κ2) is 9.53. The quantitative estimate of drug-likeness (QED) is 0.588. The largest absolute Gasteiger partial charge is 0.300 e. The summed E-state index contributed by atoms with van der Waals surface area (Å²) in [5, 5.41) is 0. The number of halogens is 2. The number of nitrogens with two attached hydrogens (primary N) is 1. The van der Waals surface area contributed by atoms with E-state index >= 15 is 0 Å². The minimum Gasteiger partial charge on any atom is -0.300 e. The summed E-state index contributed by atoms with van der Waals surface area (Å²) < 4.78 is 0. The fraction of sp³-hybridized carbons (Fsp3) is 0.333. The molecule has 0 aromatic rings. The van der Waals surface area contributed by atoms with Crippen LogP contribution in [0.25, 0.3) is 0 Å². The molecule has 2 N–H and O–H groups in total. The normalized spacial score (nSPS) is 8.86. The second-order valence-electron chi connectivity index (χ2n) is 0.695. The van der Waals surface area contributed by atoms with Gasteiger partial charge in [-0.25, -0.2) is 5.90 Å². The Hall–Kier alpha value is 0.240. The third kappa shape index (κ3) is 10.7. The summed E-state index contributed by atoms with van der Waals surface area (Å²) in [7, 11) is 0. The Labute approximate surface area is 53.6 Å². The Morgan fingerprint density at radius 3 is 2.43 bits per heavy atom. The maximum Gasteiger partial charge on any atom is 0.0872 e. The van der Waals surface area contributed by atoms with Crippen LogP contribution in [0, 0.1) is 0 Å². The Morgan fingerprint density at radius 2 is 2.29 bits per heavy atom. The summed E-state index contributed by atoms with van der Waals surface area (Å²) in [5.74, 6) is 4.60. The summed E-state index contributed by atoms with van der Waals surface area (Å²) in [6, 6.07) is 0. The van der Waals surface area contributed by atoms with E-state index in [1.165, 1.54) is 5.54 Å². The van der Waals surface area contributed by atoms with Crippen molar-refractivity contribution in [2.45, 2.75) is 0 Å². The molecular weight excluding hydrogens is 137 g/mol. The van der Waals surface area contributed by atoms with E-state index < -0.39 is 0 Å². The molecule has 0 saturated heterocycles. The highest BCUT2D eigenvalue weighted by atomic mass is 35.5. The zero-order valence-electron chi connectivity index (χ0n) is 3.63. The number of hydrogen-bond donors (Lipinski definition) is 1. The standard InChI is InChI=1S/C3H6ClNO.ClH/c4-2-1-3-6-5;/h1-2H,3,5H2;1H/b2-1+;. The molecule has 0 aromatic carbocycles. The lowest BCUT2D eigenvalue weighted by Crippen LogP contribution is -1.96. The van der Waals surface area contributed by atoms with Crippen molar-refractivity contribution in [1.82, 2.24) is 0 Å². The molecule has 0 fully saturated rings. The summed E-state index contributed by atoms with van der Waals surface area (Å²) in [5.41, 5.74) is 1.35. The summed E-state index contributed by atoms with van der Waals surface area (Å²) in [4.78, 5) is 4.11. The van der Waals surface area contributed by atoms with Crippen molar-refractivity contribution in [3.05, 3.63) is 11.6 Å². The van der Waals surface area contributed by atoms with Crippen molar-refractivity contribution in [2.24, 2.45) is 5.90 Å². The van der Waals surface area contributed by atoms with Gasteiger partial charge in [-0.2, -0.15) is 0 Å². The van der Waals surface area contributed by atoms with Gasteiger partial charge in [-0.1, -0.05) is 11.6 Å². The molecule has 0 aliphatic heterocycles. The maximum absolute atomic E-state index is 5.06. The molecule has 0 aromatic heterocycles. The van der Waals surface area contributed by atoms with E-state index in [-0.39, 0.29) is 12.4 Å². The maximum atomic E-state index is 5.06. The first-order chi connectivity index (χ1) is 2.91. The van der Waals surface area contributed by atoms with Crippen LogP contribution in [0.2, 0.25) is 0 Å². The fourth-order valence-electron chi connectivity index (χ4n) is 0.0919. The molecule has 0 amide bonds. The van der Waals surface area contributed by atoms with Gasteiger partial charge in [0.15, 0.2) is 0 Å². The highest BCUT2D eigenvalue weighted by Crippen LogP contribution is 1.74. The molecule has 0 unspecified atom stereocenters. The lowest BCUT2D eigenvalue weighted by molar-refractivity contribution is 0.168. The van der Waals surface area contributed by atoms with Crippen molar-refractivity contribution in [3.63, 3.8) is 0 Å². The van der Waals surface area contributed by atoms with Crippen LogP contribution in [0.1, 0.15) is 0 Å². The summed E-state index contributed by atoms with van der Waals surface area (Å²) in [6.45, 7) is 0.378. The van der Waals surface area contributed by atoms with Crippen LogP contribution in [-0.4, -0.2) is 6.61 Å². The minimum absolute atomic E-state index is 0. The summed E-state index contributed by atoms with van der Waals surface area (Å²) in [6.07, 6.45) is 1.60.